The number of hydrogen-bond donors (Lipinski definition) is 0. The molecule has 130 valence electrons. The van der Waals surface area contributed by atoms with Crippen LogP contribution in [0.1, 0.15) is 12.8 Å². The van der Waals surface area contributed by atoms with Gasteiger partial charge in [0.05, 0.1) is 14.2 Å². The fourth-order valence-corrected chi connectivity index (χ4v) is 3.99. The number of rotatable bonds is 6. The van der Waals surface area contributed by atoms with Crippen molar-refractivity contribution in [1.29, 1.82) is 0 Å². The van der Waals surface area contributed by atoms with E-state index in [0.717, 1.165) is 28.9 Å². The molecular formula is C16H23N5O2S. The van der Waals surface area contributed by atoms with Crippen LogP contribution in [0.2, 0.25) is 0 Å². The molecule has 1 aromatic heterocycles. The molecular weight excluding hydrogens is 326 g/mol. The van der Waals surface area contributed by atoms with Crippen molar-refractivity contribution in [3.63, 3.8) is 0 Å². The number of likely N-dealkylation sites (tertiary alicyclic amines) is 1. The Balaban J connectivity index is 1.77. The minimum atomic E-state index is 0.672. The van der Waals surface area contributed by atoms with Gasteiger partial charge in [-0.3, -0.25) is 0 Å². The second kappa shape index (κ2) is 7.85. The summed E-state index contributed by atoms with van der Waals surface area (Å²) < 4.78 is 12.5. The minimum absolute atomic E-state index is 0.672. The molecule has 0 unspecified atom stereocenters. The first kappa shape index (κ1) is 17.0. The smallest absolute Gasteiger partial charge is 0.214 e. The van der Waals surface area contributed by atoms with Crippen molar-refractivity contribution >= 4 is 11.8 Å². The van der Waals surface area contributed by atoms with Crippen molar-refractivity contribution in [1.82, 2.24) is 25.1 Å². The highest BCUT2D eigenvalue weighted by atomic mass is 32.2. The minimum Gasteiger partial charge on any atom is -0.497 e. The van der Waals surface area contributed by atoms with Gasteiger partial charge in [0.25, 0.3) is 0 Å². The van der Waals surface area contributed by atoms with Gasteiger partial charge < -0.3 is 14.4 Å². The zero-order chi connectivity index (χ0) is 16.9. The Morgan fingerprint density at radius 1 is 1.29 bits per heavy atom. The van der Waals surface area contributed by atoms with Crippen LogP contribution in [0.5, 0.6) is 11.5 Å². The molecule has 0 aliphatic carbocycles. The number of hydrogen-bond acceptors (Lipinski definition) is 7. The number of ether oxygens (including phenoxy) is 2. The molecule has 1 atom stereocenters. The van der Waals surface area contributed by atoms with Gasteiger partial charge in [-0.15, -0.1) is 5.10 Å². The summed E-state index contributed by atoms with van der Waals surface area (Å²) in [5.41, 5.74) is 0.783. The predicted octanol–water partition coefficient (Wildman–Crippen LogP) is 2.11. The van der Waals surface area contributed by atoms with Crippen molar-refractivity contribution in [2.75, 3.05) is 40.1 Å². The molecule has 8 heteroatoms. The number of thioether (sulfide) groups is 1. The first-order valence-corrected chi connectivity index (χ1v) is 9.02. The van der Waals surface area contributed by atoms with Crippen LogP contribution in [0.15, 0.2) is 23.4 Å². The average molecular weight is 349 g/mol. The number of piperidine rings is 1. The van der Waals surface area contributed by atoms with Crippen LogP contribution >= 0.6 is 11.8 Å². The molecule has 0 N–H and O–H groups in total. The number of benzene rings is 1. The second-order valence-corrected chi connectivity index (χ2v) is 6.98. The van der Waals surface area contributed by atoms with Crippen LogP contribution in [0.3, 0.4) is 0 Å². The number of tetrazole rings is 1. The van der Waals surface area contributed by atoms with Crippen LogP contribution in [0, 0.1) is 5.92 Å². The quantitative estimate of drug-likeness (QED) is 0.740. The third kappa shape index (κ3) is 3.81. The Hall–Kier alpha value is -1.80. The van der Waals surface area contributed by atoms with Gasteiger partial charge in [0, 0.05) is 18.4 Å². The van der Waals surface area contributed by atoms with Gasteiger partial charge in [-0.25, -0.2) is 0 Å². The first-order chi connectivity index (χ1) is 11.7. The van der Waals surface area contributed by atoms with E-state index in [2.05, 4.69) is 27.5 Å². The maximum Gasteiger partial charge on any atom is 0.214 e. The lowest BCUT2D eigenvalue weighted by atomic mass is 10.0. The molecule has 0 radical (unpaired) electrons. The van der Waals surface area contributed by atoms with E-state index in [-0.39, 0.29) is 0 Å². The third-order valence-corrected chi connectivity index (χ3v) is 5.38. The molecule has 0 spiro atoms. The topological polar surface area (TPSA) is 65.3 Å². The summed E-state index contributed by atoms with van der Waals surface area (Å²) in [7, 11) is 5.46. The lowest BCUT2D eigenvalue weighted by molar-refractivity contribution is 0.224. The highest BCUT2D eigenvalue weighted by Crippen LogP contribution is 2.31. The Morgan fingerprint density at radius 2 is 2.17 bits per heavy atom. The zero-order valence-electron chi connectivity index (χ0n) is 14.3. The summed E-state index contributed by atoms with van der Waals surface area (Å²) in [6.45, 7) is 2.33. The Bertz CT molecular complexity index is 678. The van der Waals surface area contributed by atoms with Gasteiger partial charge >= 0.3 is 0 Å². The molecule has 3 rings (SSSR count). The molecule has 0 bridgehead atoms. The normalized spacial score (nSPS) is 18.5. The Labute approximate surface area is 146 Å². The summed E-state index contributed by atoms with van der Waals surface area (Å²) in [6, 6.07) is 5.60. The molecule has 0 saturated carbocycles. The highest BCUT2D eigenvalue weighted by Gasteiger charge is 2.20. The van der Waals surface area contributed by atoms with Gasteiger partial charge in [0.1, 0.15) is 17.2 Å². The summed E-state index contributed by atoms with van der Waals surface area (Å²) >= 11 is 1.69. The van der Waals surface area contributed by atoms with Gasteiger partial charge in [-0.05, 0) is 54.9 Å². The largest absolute Gasteiger partial charge is 0.497 e. The molecule has 1 aliphatic heterocycles. The molecule has 0 amide bonds. The lowest BCUT2D eigenvalue weighted by Crippen LogP contribution is -2.33. The number of nitrogens with zero attached hydrogens (tertiary/aromatic N) is 5. The van der Waals surface area contributed by atoms with Crippen LogP contribution < -0.4 is 9.47 Å². The van der Waals surface area contributed by atoms with E-state index in [1.165, 1.54) is 19.4 Å². The maximum atomic E-state index is 5.44. The summed E-state index contributed by atoms with van der Waals surface area (Å²) in [5, 5.41) is 12.9. The van der Waals surface area contributed by atoms with E-state index < -0.39 is 0 Å². The van der Waals surface area contributed by atoms with Crippen molar-refractivity contribution in [3.05, 3.63) is 18.2 Å². The van der Waals surface area contributed by atoms with Gasteiger partial charge in [0.2, 0.25) is 5.16 Å². The van der Waals surface area contributed by atoms with Gasteiger partial charge in [-0.1, -0.05) is 11.8 Å². The molecule has 7 nitrogen and oxygen atoms in total. The SMILES string of the molecule is COc1ccc(OC)c(-n2nnnc2SC[C@H]2CCCN(C)C2)c1. The van der Waals surface area contributed by atoms with E-state index in [4.69, 9.17) is 9.47 Å². The molecule has 2 heterocycles. The summed E-state index contributed by atoms with van der Waals surface area (Å²) in [4.78, 5) is 2.39. The molecule has 1 saturated heterocycles. The second-order valence-electron chi connectivity index (χ2n) is 5.99. The molecule has 24 heavy (non-hydrogen) atoms. The first-order valence-electron chi connectivity index (χ1n) is 8.03. The van der Waals surface area contributed by atoms with Gasteiger partial charge in [0.15, 0.2) is 0 Å². The van der Waals surface area contributed by atoms with Crippen molar-refractivity contribution in [2.24, 2.45) is 5.92 Å². The van der Waals surface area contributed by atoms with Crippen molar-refractivity contribution in [3.8, 4) is 17.2 Å². The fraction of sp³-hybridized carbons (Fsp3) is 0.562. The van der Waals surface area contributed by atoms with E-state index >= 15 is 0 Å². The molecule has 2 aromatic rings. The van der Waals surface area contributed by atoms with E-state index in [1.54, 1.807) is 30.7 Å². The van der Waals surface area contributed by atoms with Crippen LogP contribution in [-0.4, -0.2) is 65.2 Å². The summed E-state index contributed by atoms with van der Waals surface area (Å²) in [6.07, 6.45) is 2.53. The Morgan fingerprint density at radius 3 is 2.92 bits per heavy atom. The van der Waals surface area contributed by atoms with E-state index in [0.29, 0.717) is 11.7 Å². The monoisotopic (exact) mass is 349 g/mol. The standard InChI is InChI=1S/C16H23N5O2S/c1-20-8-4-5-12(10-20)11-24-16-17-18-19-21(16)14-9-13(22-2)6-7-15(14)23-3/h6-7,9,12H,4-5,8,10-11H2,1-3H3/t12-/m0/s1. The van der Waals surface area contributed by atoms with Crippen LogP contribution in [0.25, 0.3) is 5.69 Å². The van der Waals surface area contributed by atoms with E-state index in [1.807, 2.05) is 18.2 Å². The predicted molar refractivity (Wildman–Crippen MR) is 93.2 cm³/mol. The fourth-order valence-electron chi connectivity index (χ4n) is 2.98. The summed E-state index contributed by atoms with van der Waals surface area (Å²) in [5.74, 6) is 3.14. The zero-order valence-corrected chi connectivity index (χ0v) is 15.1. The van der Waals surface area contributed by atoms with Crippen LogP contribution in [0.4, 0.5) is 0 Å². The lowest BCUT2D eigenvalue weighted by Gasteiger charge is -2.29. The van der Waals surface area contributed by atoms with E-state index in [9.17, 15) is 0 Å². The van der Waals surface area contributed by atoms with Crippen molar-refractivity contribution in [2.45, 2.75) is 18.0 Å². The van der Waals surface area contributed by atoms with Crippen LogP contribution in [-0.2, 0) is 0 Å². The molecule has 1 aliphatic rings. The van der Waals surface area contributed by atoms with Gasteiger partial charge in [-0.2, -0.15) is 4.68 Å². The Kier molecular flexibility index (Phi) is 5.57. The number of methoxy groups -OCH3 is 2. The molecule has 1 aromatic carbocycles. The average Bonchev–Trinajstić information content (AvgIpc) is 3.08. The highest BCUT2D eigenvalue weighted by molar-refractivity contribution is 7.99. The number of aromatic nitrogens is 4. The maximum absolute atomic E-state index is 5.44. The van der Waals surface area contributed by atoms with Crippen molar-refractivity contribution < 1.29 is 9.47 Å². The molecule has 1 fully saturated rings. The third-order valence-electron chi connectivity index (χ3n) is 4.23.